The third-order valence-electron chi connectivity index (χ3n) is 2.08. The van der Waals surface area contributed by atoms with Gasteiger partial charge in [-0.1, -0.05) is 35.3 Å². The minimum absolute atomic E-state index is 0.240. The lowest BCUT2D eigenvalue weighted by molar-refractivity contribution is 0.133. The van der Waals surface area contributed by atoms with Gasteiger partial charge >= 0.3 is 6.09 Å². The second-order valence-electron chi connectivity index (χ2n) is 3.31. The number of amides is 1. The molecule has 1 amide bonds. The van der Waals surface area contributed by atoms with Gasteiger partial charge in [0.25, 0.3) is 0 Å². The molecule has 0 spiro atoms. The number of hydrogen-bond acceptors (Lipinski definition) is 2. The van der Waals surface area contributed by atoms with E-state index in [4.69, 9.17) is 28.3 Å². The fourth-order valence-electron chi connectivity index (χ4n) is 1.35. The molecule has 0 heterocycles. The maximum atomic E-state index is 10.6. The topological polar surface area (TPSA) is 69.6 Å². The zero-order valence-corrected chi connectivity index (χ0v) is 9.96. The van der Waals surface area contributed by atoms with E-state index in [-0.39, 0.29) is 5.02 Å². The molecule has 0 aliphatic carbocycles. The van der Waals surface area contributed by atoms with Gasteiger partial charge < -0.3 is 15.5 Å². The quantitative estimate of drug-likeness (QED) is 0.786. The van der Waals surface area contributed by atoms with Crippen LogP contribution in [0, 0.1) is 0 Å². The summed E-state index contributed by atoms with van der Waals surface area (Å²) in [6, 6.07) is 4.04. The Morgan fingerprint density at radius 1 is 1.44 bits per heavy atom. The summed E-state index contributed by atoms with van der Waals surface area (Å²) >= 11 is 11.7. The van der Waals surface area contributed by atoms with Crippen LogP contribution in [-0.2, 0) is 0 Å². The molecule has 0 bridgehead atoms. The van der Waals surface area contributed by atoms with Gasteiger partial charge in [-0.2, -0.15) is 0 Å². The van der Waals surface area contributed by atoms with Crippen LogP contribution in [-0.4, -0.2) is 22.4 Å². The van der Waals surface area contributed by atoms with E-state index in [9.17, 15) is 9.90 Å². The van der Waals surface area contributed by atoms with Gasteiger partial charge in [-0.15, -0.1) is 0 Å². The summed E-state index contributed by atoms with van der Waals surface area (Å²) in [6.45, 7) is 1.47. The molecular weight excluding hydrogens is 253 g/mol. The van der Waals surface area contributed by atoms with E-state index < -0.39 is 18.2 Å². The Hall–Kier alpha value is -0.970. The summed E-state index contributed by atoms with van der Waals surface area (Å²) in [7, 11) is 0. The fourth-order valence-corrected chi connectivity index (χ4v) is 1.78. The van der Waals surface area contributed by atoms with Gasteiger partial charge in [0.2, 0.25) is 0 Å². The van der Waals surface area contributed by atoms with Crippen molar-refractivity contribution in [3.8, 4) is 0 Å². The van der Waals surface area contributed by atoms with E-state index in [2.05, 4.69) is 5.32 Å². The average molecular weight is 264 g/mol. The van der Waals surface area contributed by atoms with Crippen LogP contribution < -0.4 is 5.32 Å². The Labute approximate surface area is 103 Å². The summed E-state index contributed by atoms with van der Waals surface area (Å²) < 4.78 is 0. The van der Waals surface area contributed by atoms with E-state index in [1.165, 1.54) is 6.92 Å². The smallest absolute Gasteiger partial charge is 0.405 e. The standard InChI is InChI=1S/C10H11Cl2NO3/c1-5(14)9(13-10(15)16)6-3-2-4-7(11)8(6)12/h2-5,9,13-14H,1H3,(H,15,16)/t5-,9+/m1/s1. The minimum Gasteiger partial charge on any atom is -0.465 e. The molecule has 2 atom stereocenters. The van der Waals surface area contributed by atoms with E-state index >= 15 is 0 Å². The largest absolute Gasteiger partial charge is 0.465 e. The second-order valence-corrected chi connectivity index (χ2v) is 4.10. The van der Waals surface area contributed by atoms with Crippen molar-refractivity contribution in [3.63, 3.8) is 0 Å². The van der Waals surface area contributed by atoms with Crippen LogP contribution in [0.2, 0.25) is 10.0 Å². The molecule has 1 aromatic carbocycles. The summed E-state index contributed by atoms with van der Waals surface area (Å²) in [6.07, 6.45) is -2.14. The molecule has 88 valence electrons. The number of halogens is 2. The summed E-state index contributed by atoms with van der Waals surface area (Å²) in [5.74, 6) is 0. The Morgan fingerprint density at radius 3 is 2.56 bits per heavy atom. The van der Waals surface area contributed by atoms with Crippen molar-refractivity contribution >= 4 is 29.3 Å². The molecule has 0 aliphatic heterocycles. The number of carbonyl (C=O) groups is 1. The lowest BCUT2D eigenvalue weighted by Gasteiger charge is -2.21. The highest BCUT2D eigenvalue weighted by molar-refractivity contribution is 6.42. The fraction of sp³-hybridized carbons (Fsp3) is 0.300. The molecule has 0 aliphatic rings. The predicted molar refractivity (Wildman–Crippen MR) is 62.0 cm³/mol. The zero-order chi connectivity index (χ0) is 12.3. The van der Waals surface area contributed by atoms with Crippen molar-refractivity contribution in [3.05, 3.63) is 33.8 Å². The Balaban J connectivity index is 3.10. The van der Waals surface area contributed by atoms with Gasteiger partial charge in [-0.05, 0) is 18.6 Å². The van der Waals surface area contributed by atoms with Gasteiger partial charge in [0.15, 0.2) is 0 Å². The van der Waals surface area contributed by atoms with Gasteiger partial charge in [0, 0.05) is 0 Å². The second kappa shape index (κ2) is 5.39. The van der Waals surface area contributed by atoms with Gasteiger partial charge in [-0.25, -0.2) is 4.79 Å². The Morgan fingerprint density at radius 2 is 2.06 bits per heavy atom. The molecule has 16 heavy (non-hydrogen) atoms. The van der Waals surface area contributed by atoms with E-state index in [0.29, 0.717) is 10.6 Å². The Kier molecular flexibility index (Phi) is 4.41. The number of aliphatic hydroxyl groups is 1. The van der Waals surface area contributed by atoms with Crippen LogP contribution in [0.5, 0.6) is 0 Å². The molecule has 6 heteroatoms. The molecule has 0 unspecified atom stereocenters. The van der Waals surface area contributed by atoms with Crippen molar-refractivity contribution in [1.82, 2.24) is 5.32 Å². The van der Waals surface area contributed by atoms with Gasteiger partial charge in [-0.3, -0.25) is 0 Å². The lowest BCUT2D eigenvalue weighted by Crippen LogP contribution is -2.34. The summed E-state index contributed by atoms with van der Waals surface area (Å²) in [5, 5.41) is 20.9. The van der Waals surface area contributed by atoms with Crippen LogP contribution in [0.3, 0.4) is 0 Å². The van der Waals surface area contributed by atoms with Gasteiger partial charge in [0.1, 0.15) is 0 Å². The maximum absolute atomic E-state index is 10.6. The summed E-state index contributed by atoms with van der Waals surface area (Å²) in [4.78, 5) is 10.6. The first-order valence-corrected chi connectivity index (χ1v) is 5.30. The predicted octanol–water partition coefficient (Wildman–Crippen LogP) is 2.68. The first kappa shape index (κ1) is 13.1. The van der Waals surface area contributed by atoms with Crippen molar-refractivity contribution in [2.24, 2.45) is 0 Å². The third kappa shape index (κ3) is 3.01. The zero-order valence-electron chi connectivity index (χ0n) is 8.45. The summed E-state index contributed by atoms with van der Waals surface area (Å²) in [5.41, 5.74) is 0.451. The number of benzene rings is 1. The molecule has 4 nitrogen and oxygen atoms in total. The highest BCUT2D eigenvalue weighted by Crippen LogP contribution is 2.31. The average Bonchev–Trinajstić information content (AvgIpc) is 2.18. The molecule has 0 radical (unpaired) electrons. The van der Waals surface area contributed by atoms with Crippen molar-refractivity contribution in [1.29, 1.82) is 0 Å². The number of nitrogens with one attached hydrogen (secondary N) is 1. The molecule has 3 N–H and O–H groups in total. The first-order valence-electron chi connectivity index (χ1n) is 4.55. The van der Waals surface area contributed by atoms with Crippen LogP contribution in [0.15, 0.2) is 18.2 Å². The Bertz CT molecular complexity index is 396. The lowest BCUT2D eigenvalue weighted by atomic mass is 10.0. The van der Waals surface area contributed by atoms with E-state index in [1.54, 1.807) is 18.2 Å². The molecule has 0 aromatic heterocycles. The highest BCUT2D eigenvalue weighted by Gasteiger charge is 2.22. The SMILES string of the molecule is C[C@@H](O)[C@H](NC(=O)O)c1cccc(Cl)c1Cl. The third-order valence-corrected chi connectivity index (χ3v) is 2.91. The van der Waals surface area contributed by atoms with Crippen LogP contribution in [0.25, 0.3) is 0 Å². The number of aliphatic hydroxyl groups excluding tert-OH is 1. The van der Waals surface area contributed by atoms with Crippen molar-refractivity contribution < 1.29 is 15.0 Å². The van der Waals surface area contributed by atoms with E-state index in [0.717, 1.165) is 0 Å². The van der Waals surface area contributed by atoms with E-state index in [1.807, 2.05) is 0 Å². The van der Waals surface area contributed by atoms with Crippen LogP contribution in [0.1, 0.15) is 18.5 Å². The molecule has 0 fully saturated rings. The maximum Gasteiger partial charge on any atom is 0.405 e. The molecule has 0 saturated heterocycles. The highest BCUT2D eigenvalue weighted by atomic mass is 35.5. The van der Waals surface area contributed by atoms with Crippen LogP contribution in [0.4, 0.5) is 4.79 Å². The van der Waals surface area contributed by atoms with Gasteiger partial charge in [0.05, 0.1) is 22.2 Å². The number of rotatable bonds is 3. The van der Waals surface area contributed by atoms with Crippen molar-refractivity contribution in [2.75, 3.05) is 0 Å². The first-order chi connectivity index (χ1) is 7.43. The molecular formula is C10H11Cl2NO3. The number of hydrogen-bond donors (Lipinski definition) is 3. The number of carboxylic acid groups (broad SMARTS) is 1. The molecule has 0 saturated carbocycles. The van der Waals surface area contributed by atoms with Crippen LogP contribution >= 0.6 is 23.2 Å². The normalized spacial score (nSPS) is 14.2. The monoisotopic (exact) mass is 263 g/mol. The van der Waals surface area contributed by atoms with Crippen molar-refractivity contribution in [2.45, 2.75) is 19.1 Å². The molecule has 1 rings (SSSR count). The molecule has 1 aromatic rings. The minimum atomic E-state index is -1.23.